The third-order valence-electron chi connectivity index (χ3n) is 2.92. The Kier molecular flexibility index (Phi) is 6.17. The molecule has 1 aromatic rings. The van der Waals surface area contributed by atoms with E-state index in [1.807, 2.05) is 13.8 Å². The molecular weight excluding hydrogens is 246 g/mol. The van der Waals surface area contributed by atoms with Gasteiger partial charge in [0.1, 0.15) is 5.69 Å². The van der Waals surface area contributed by atoms with Crippen LogP contribution in [0, 0.1) is 0 Å². The van der Waals surface area contributed by atoms with Crippen LogP contribution in [-0.2, 0) is 4.74 Å². The zero-order valence-corrected chi connectivity index (χ0v) is 11.6. The monoisotopic (exact) mass is 267 g/mol. The van der Waals surface area contributed by atoms with E-state index in [1.54, 1.807) is 12.0 Å². The van der Waals surface area contributed by atoms with Crippen LogP contribution in [0.15, 0.2) is 12.4 Å². The first-order valence-corrected chi connectivity index (χ1v) is 6.22. The maximum atomic E-state index is 12.4. The standard InChI is InChI=1S/C12H21N5O2/c1-4-9(2)17(5-6-19-3)12(18)10-7-14-8-11(15-10)16-13/h7-9H,4-6,13H2,1-3H3,(H,15,16). The highest BCUT2D eigenvalue weighted by Crippen LogP contribution is 2.10. The SMILES string of the molecule is CCC(C)N(CCOC)C(=O)c1cncc(NN)n1. The summed E-state index contributed by atoms with van der Waals surface area (Å²) in [7, 11) is 1.61. The lowest BCUT2D eigenvalue weighted by Crippen LogP contribution is -2.41. The molecule has 0 saturated carbocycles. The van der Waals surface area contributed by atoms with Crippen molar-refractivity contribution < 1.29 is 9.53 Å². The van der Waals surface area contributed by atoms with E-state index in [2.05, 4.69) is 15.4 Å². The van der Waals surface area contributed by atoms with Crippen LogP contribution in [0.3, 0.4) is 0 Å². The average molecular weight is 267 g/mol. The molecule has 1 heterocycles. The van der Waals surface area contributed by atoms with Gasteiger partial charge in [-0.1, -0.05) is 6.92 Å². The number of methoxy groups -OCH3 is 1. The van der Waals surface area contributed by atoms with Crippen LogP contribution < -0.4 is 11.3 Å². The summed E-state index contributed by atoms with van der Waals surface area (Å²) in [5.41, 5.74) is 2.65. The van der Waals surface area contributed by atoms with Crippen molar-refractivity contribution in [1.82, 2.24) is 14.9 Å². The van der Waals surface area contributed by atoms with Gasteiger partial charge in [-0.2, -0.15) is 0 Å². The van der Waals surface area contributed by atoms with Gasteiger partial charge < -0.3 is 15.1 Å². The molecule has 0 aliphatic rings. The molecule has 1 unspecified atom stereocenters. The fraction of sp³-hybridized carbons (Fsp3) is 0.583. The maximum Gasteiger partial charge on any atom is 0.274 e. The molecule has 7 heteroatoms. The third-order valence-corrected chi connectivity index (χ3v) is 2.92. The summed E-state index contributed by atoms with van der Waals surface area (Å²) in [5.74, 6) is 5.46. The second kappa shape index (κ2) is 7.65. The molecule has 0 radical (unpaired) electrons. The van der Waals surface area contributed by atoms with Gasteiger partial charge in [-0.05, 0) is 13.3 Å². The summed E-state index contributed by atoms with van der Waals surface area (Å²) in [4.78, 5) is 22.2. The van der Waals surface area contributed by atoms with Gasteiger partial charge in [0.05, 0.1) is 19.0 Å². The van der Waals surface area contributed by atoms with E-state index < -0.39 is 0 Å². The Morgan fingerprint density at radius 3 is 2.89 bits per heavy atom. The van der Waals surface area contributed by atoms with Gasteiger partial charge in [0, 0.05) is 19.7 Å². The number of hydrogen-bond donors (Lipinski definition) is 2. The van der Waals surface area contributed by atoms with Gasteiger partial charge in [-0.3, -0.25) is 9.78 Å². The molecule has 0 spiro atoms. The highest BCUT2D eigenvalue weighted by molar-refractivity contribution is 5.92. The maximum absolute atomic E-state index is 12.4. The molecule has 1 aromatic heterocycles. The molecule has 1 atom stereocenters. The number of anilines is 1. The van der Waals surface area contributed by atoms with Crippen molar-refractivity contribution >= 4 is 11.7 Å². The van der Waals surface area contributed by atoms with Crippen molar-refractivity contribution in [3.05, 3.63) is 18.1 Å². The Morgan fingerprint density at radius 2 is 2.32 bits per heavy atom. The van der Waals surface area contributed by atoms with E-state index in [4.69, 9.17) is 10.6 Å². The summed E-state index contributed by atoms with van der Waals surface area (Å²) in [6.07, 6.45) is 3.75. The molecule has 1 rings (SSSR count). The number of carbonyl (C=O) groups is 1. The number of carbonyl (C=O) groups excluding carboxylic acids is 1. The zero-order chi connectivity index (χ0) is 14.3. The minimum absolute atomic E-state index is 0.110. The fourth-order valence-corrected chi connectivity index (χ4v) is 1.62. The lowest BCUT2D eigenvalue weighted by molar-refractivity contribution is 0.0608. The Morgan fingerprint density at radius 1 is 1.58 bits per heavy atom. The molecule has 7 nitrogen and oxygen atoms in total. The van der Waals surface area contributed by atoms with Crippen LogP contribution in [0.1, 0.15) is 30.8 Å². The van der Waals surface area contributed by atoms with Crippen molar-refractivity contribution in [3.8, 4) is 0 Å². The molecule has 3 N–H and O–H groups in total. The fourth-order valence-electron chi connectivity index (χ4n) is 1.62. The number of nitrogen functional groups attached to an aromatic ring is 1. The number of ether oxygens (including phenoxy) is 1. The lowest BCUT2D eigenvalue weighted by Gasteiger charge is -2.28. The number of hydrogen-bond acceptors (Lipinski definition) is 6. The van der Waals surface area contributed by atoms with Gasteiger partial charge in [-0.25, -0.2) is 10.8 Å². The topological polar surface area (TPSA) is 93.4 Å². The zero-order valence-electron chi connectivity index (χ0n) is 11.6. The molecule has 1 amide bonds. The Labute approximate surface area is 113 Å². The molecule has 0 aliphatic carbocycles. The molecule has 0 bridgehead atoms. The van der Waals surface area contributed by atoms with E-state index in [0.717, 1.165) is 6.42 Å². The Balaban J connectivity index is 2.90. The highest BCUT2D eigenvalue weighted by Gasteiger charge is 2.21. The number of hydrazine groups is 1. The van der Waals surface area contributed by atoms with Crippen molar-refractivity contribution in [2.45, 2.75) is 26.3 Å². The van der Waals surface area contributed by atoms with Gasteiger partial charge in [0.15, 0.2) is 5.82 Å². The lowest BCUT2D eigenvalue weighted by atomic mass is 10.2. The predicted molar refractivity (Wildman–Crippen MR) is 72.5 cm³/mol. The van der Waals surface area contributed by atoms with Gasteiger partial charge in [0.25, 0.3) is 5.91 Å². The predicted octanol–water partition coefficient (Wildman–Crippen LogP) is 0.649. The summed E-state index contributed by atoms with van der Waals surface area (Å²) < 4.78 is 5.04. The summed E-state index contributed by atoms with van der Waals surface area (Å²) in [6, 6.07) is 0.110. The number of aromatic nitrogens is 2. The average Bonchev–Trinajstić information content (AvgIpc) is 2.47. The molecular formula is C12H21N5O2. The quantitative estimate of drug-likeness (QED) is 0.556. The Bertz CT molecular complexity index is 413. The minimum atomic E-state index is -0.170. The number of nitrogens with zero attached hydrogens (tertiary/aromatic N) is 3. The first-order chi connectivity index (χ1) is 9.13. The van der Waals surface area contributed by atoms with Crippen LogP contribution in [0.4, 0.5) is 5.82 Å². The molecule has 19 heavy (non-hydrogen) atoms. The van der Waals surface area contributed by atoms with Crippen LogP contribution in [0.2, 0.25) is 0 Å². The van der Waals surface area contributed by atoms with E-state index in [-0.39, 0.29) is 17.6 Å². The van der Waals surface area contributed by atoms with Gasteiger partial charge in [0.2, 0.25) is 0 Å². The van der Waals surface area contributed by atoms with Crippen molar-refractivity contribution in [3.63, 3.8) is 0 Å². The van der Waals surface area contributed by atoms with Crippen LogP contribution >= 0.6 is 0 Å². The van der Waals surface area contributed by atoms with Crippen molar-refractivity contribution in [2.75, 3.05) is 25.7 Å². The van der Waals surface area contributed by atoms with Crippen molar-refractivity contribution in [2.24, 2.45) is 5.84 Å². The molecule has 106 valence electrons. The first-order valence-electron chi connectivity index (χ1n) is 6.22. The summed E-state index contributed by atoms with van der Waals surface area (Å²) >= 11 is 0. The second-order valence-corrected chi connectivity index (χ2v) is 4.18. The van der Waals surface area contributed by atoms with E-state index in [0.29, 0.717) is 19.0 Å². The Hall–Kier alpha value is -1.73. The normalized spacial score (nSPS) is 12.0. The summed E-state index contributed by atoms with van der Waals surface area (Å²) in [6.45, 7) is 5.03. The molecule has 0 saturated heterocycles. The third kappa shape index (κ3) is 4.15. The number of rotatable bonds is 7. The second-order valence-electron chi connectivity index (χ2n) is 4.18. The minimum Gasteiger partial charge on any atom is -0.383 e. The largest absolute Gasteiger partial charge is 0.383 e. The number of nitrogens with two attached hydrogens (primary N) is 1. The molecule has 0 aliphatic heterocycles. The van der Waals surface area contributed by atoms with E-state index in [9.17, 15) is 4.79 Å². The van der Waals surface area contributed by atoms with Crippen LogP contribution in [-0.4, -0.2) is 47.1 Å². The number of nitrogens with one attached hydrogen (secondary N) is 1. The molecule has 0 fully saturated rings. The van der Waals surface area contributed by atoms with E-state index in [1.165, 1.54) is 12.4 Å². The van der Waals surface area contributed by atoms with Crippen LogP contribution in [0.5, 0.6) is 0 Å². The van der Waals surface area contributed by atoms with Crippen LogP contribution in [0.25, 0.3) is 0 Å². The summed E-state index contributed by atoms with van der Waals surface area (Å²) in [5, 5.41) is 0. The number of amides is 1. The van der Waals surface area contributed by atoms with E-state index >= 15 is 0 Å². The van der Waals surface area contributed by atoms with Gasteiger partial charge in [-0.15, -0.1) is 0 Å². The first kappa shape index (κ1) is 15.3. The highest BCUT2D eigenvalue weighted by atomic mass is 16.5. The van der Waals surface area contributed by atoms with Crippen molar-refractivity contribution in [1.29, 1.82) is 0 Å². The van der Waals surface area contributed by atoms with Gasteiger partial charge >= 0.3 is 0 Å². The molecule has 0 aromatic carbocycles. The smallest absolute Gasteiger partial charge is 0.274 e.